The standard InChI is InChI=1S/C30H27F3O/c1-2-19-3-8-22(9-4-19)26-16-13-23(29(32)30(26)33)12-7-20-5-10-21(11-6-20)25-15-14-24(17-27(25)31)28-18-34-28/h2,5-7,10-17,19,22,28H,1,3-4,8-9,18H2/b12-7+. The Morgan fingerprint density at radius 1 is 0.824 bits per heavy atom. The summed E-state index contributed by atoms with van der Waals surface area (Å²) in [4.78, 5) is 0. The number of benzene rings is 3. The summed E-state index contributed by atoms with van der Waals surface area (Å²) in [6, 6.07) is 15.9. The molecule has 3 aromatic carbocycles. The molecule has 0 aromatic heterocycles. The third kappa shape index (κ3) is 4.74. The lowest BCUT2D eigenvalue weighted by Crippen LogP contribution is -2.13. The first-order valence-electron chi connectivity index (χ1n) is 11.8. The van der Waals surface area contributed by atoms with Gasteiger partial charge in [0.15, 0.2) is 11.6 Å². The molecule has 34 heavy (non-hydrogen) atoms. The highest BCUT2D eigenvalue weighted by Gasteiger charge is 2.26. The summed E-state index contributed by atoms with van der Waals surface area (Å²) in [7, 11) is 0. The van der Waals surface area contributed by atoms with Gasteiger partial charge in [0.25, 0.3) is 0 Å². The molecule has 1 aliphatic heterocycles. The Labute approximate surface area is 198 Å². The number of ether oxygens (including phenoxy) is 1. The van der Waals surface area contributed by atoms with E-state index in [1.807, 2.05) is 36.4 Å². The number of hydrogen-bond donors (Lipinski definition) is 0. The highest BCUT2D eigenvalue weighted by atomic mass is 19.2. The van der Waals surface area contributed by atoms with Crippen molar-refractivity contribution in [2.45, 2.75) is 37.7 Å². The summed E-state index contributed by atoms with van der Waals surface area (Å²) in [5.74, 6) is -1.30. The monoisotopic (exact) mass is 460 g/mol. The van der Waals surface area contributed by atoms with Gasteiger partial charge >= 0.3 is 0 Å². The lowest BCUT2D eigenvalue weighted by molar-refractivity contribution is 0.364. The maximum Gasteiger partial charge on any atom is 0.166 e. The van der Waals surface area contributed by atoms with Crippen molar-refractivity contribution in [3.8, 4) is 11.1 Å². The van der Waals surface area contributed by atoms with Crippen LogP contribution in [-0.2, 0) is 4.74 Å². The third-order valence-corrected chi connectivity index (χ3v) is 7.06. The minimum Gasteiger partial charge on any atom is -0.368 e. The lowest BCUT2D eigenvalue weighted by Gasteiger charge is -2.27. The summed E-state index contributed by atoms with van der Waals surface area (Å²) in [5.41, 5.74) is 3.64. The number of epoxide rings is 1. The molecule has 2 fully saturated rings. The molecule has 174 valence electrons. The number of rotatable bonds is 6. The first-order chi connectivity index (χ1) is 16.5. The Morgan fingerprint density at radius 2 is 1.56 bits per heavy atom. The lowest BCUT2D eigenvalue weighted by atomic mass is 9.78. The molecule has 1 aliphatic carbocycles. The van der Waals surface area contributed by atoms with Gasteiger partial charge in [-0.1, -0.05) is 66.8 Å². The zero-order valence-electron chi connectivity index (χ0n) is 18.9. The number of halogens is 3. The van der Waals surface area contributed by atoms with Gasteiger partial charge in [0.2, 0.25) is 0 Å². The summed E-state index contributed by atoms with van der Waals surface area (Å²) in [5, 5.41) is 0. The van der Waals surface area contributed by atoms with E-state index in [1.54, 1.807) is 30.4 Å². The molecule has 3 aromatic rings. The van der Waals surface area contributed by atoms with Crippen molar-refractivity contribution in [1.29, 1.82) is 0 Å². The van der Waals surface area contributed by atoms with Gasteiger partial charge < -0.3 is 4.74 Å². The zero-order chi connectivity index (χ0) is 23.7. The van der Waals surface area contributed by atoms with Gasteiger partial charge in [-0.15, -0.1) is 6.58 Å². The maximum absolute atomic E-state index is 14.8. The van der Waals surface area contributed by atoms with Crippen molar-refractivity contribution in [1.82, 2.24) is 0 Å². The number of allylic oxidation sites excluding steroid dienone is 1. The molecule has 1 heterocycles. The molecule has 5 rings (SSSR count). The normalized spacial score (nSPS) is 22.1. The third-order valence-electron chi connectivity index (χ3n) is 7.06. The average Bonchev–Trinajstić information content (AvgIpc) is 3.71. The molecule has 0 radical (unpaired) electrons. The van der Waals surface area contributed by atoms with Gasteiger partial charge in [0.1, 0.15) is 11.9 Å². The van der Waals surface area contributed by atoms with Gasteiger partial charge in [0, 0.05) is 11.1 Å². The van der Waals surface area contributed by atoms with E-state index in [4.69, 9.17) is 4.74 Å². The van der Waals surface area contributed by atoms with Crippen LogP contribution in [0.3, 0.4) is 0 Å². The summed E-state index contributed by atoms with van der Waals surface area (Å²) in [6.07, 6.45) is 8.94. The van der Waals surface area contributed by atoms with Gasteiger partial charge in [0.05, 0.1) is 6.61 Å². The smallest absolute Gasteiger partial charge is 0.166 e. The van der Waals surface area contributed by atoms with Crippen LogP contribution in [0.4, 0.5) is 13.2 Å². The van der Waals surface area contributed by atoms with Crippen molar-refractivity contribution in [3.05, 3.63) is 107 Å². The van der Waals surface area contributed by atoms with Crippen LogP contribution in [0.1, 0.15) is 60.0 Å². The second-order valence-corrected chi connectivity index (χ2v) is 9.24. The molecule has 0 N–H and O–H groups in total. The van der Waals surface area contributed by atoms with E-state index in [1.165, 1.54) is 6.07 Å². The van der Waals surface area contributed by atoms with E-state index in [-0.39, 0.29) is 23.4 Å². The van der Waals surface area contributed by atoms with Crippen LogP contribution in [0, 0.1) is 23.4 Å². The molecule has 1 saturated carbocycles. The van der Waals surface area contributed by atoms with E-state index in [9.17, 15) is 13.2 Å². The zero-order valence-corrected chi connectivity index (χ0v) is 18.9. The first-order valence-corrected chi connectivity index (χ1v) is 11.8. The Balaban J connectivity index is 1.29. The second-order valence-electron chi connectivity index (χ2n) is 9.24. The molecule has 1 unspecified atom stereocenters. The molecular formula is C30H27F3O. The fraction of sp³-hybridized carbons (Fsp3) is 0.267. The largest absolute Gasteiger partial charge is 0.368 e. The predicted octanol–water partition coefficient (Wildman–Crippen LogP) is 8.47. The molecule has 1 atom stereocenters. The topological polar surface area (TPSA) is 12.5 Å². The Kier molecular flexibility index (Phi) is 6.42. The van der Waals surface area contributed by atoms with Crippen LogP contribution in [0.25, 0.3) is 23.3 Å². The van der Waals surface area contributed by atoms with E-state index in [0.717, 1.165) is 42.4 Å². The summed E-state index contributed by atoms with van der Waals surface area (Å²) >= 11 is 0. The van der Waals surface area contributed by atoms with Gasteiger partial charge in [-0.2, -0.15) is 0 Å². The molecule has 0 bridgehead atoms. The fourth-order valence-electron chi connectivity index (χ4n) is 4.86. The molecular weight excluding hydrogens is 433 g/mol. The van der Waals surface area contributed by atoms with E-state index < -0.39 is 11.6 Å². The van der Waals surface area contributed by atoms with E-state index in [0.29, 0.717) is 23.7 Å². The van der Waals surface area contributed by atoms with Crippen molar-refractivity contribution in [2.75, 3.05) is 6.61 Å². The minimum absolute atomic E-state index is 0.0163. The Bertz CT molecular complexity index is 1220. The molecule has 1 saturated heterocycles. The molecule has 2 aliphatic rings. The van der Waals surface area contributed by atoms with Crippen LogP contribution >= 0.6 is 0 Å². The molecule has 0 spiro atoms. The average molecular weight is 461 g/mol. The van der Waals surface area contributed by atoms with Gasteiger partial charge in [-0.3, -0.25) is 0 Å². The SMILES string of the molecule is C=CC1CCC(c2ccc(/C=C/c3ccc(-c4ccc(C5CO5)cc4F)cc3)c(F)c2F)CC1. The van der Waals surface area contributed by atoms with Crippen molar-refractivity contribution in [2.24, 2.45) is 5.92 Å². The number of hydrogen-bond acceptors (Lipinski definition) is 1. The van der Waals surface area contributed by atoms with Crippen LogP contribution in [-0.4, -0.2) is 6.61 Å². The highest BCUT2D eigenvalue weighted by molar-refractivity contribution is 5.72. The molecule has 1 nitrogen and oxygen atoms in total. The van der Waals surface area contributed by atoms with Crippen LogP contribution in [0.2, 0.25) is 0 Å². The van der Waals surface area contributed by atoms with Crippen molar-refractivity contribution in [3.63, 3.8) is 0 Å². The minimum atomic E-state index is -0.807. The quantitative estimate of drug-likeness (QED) is 0.204. The van der Waals surface area contributed by atoms with Gasteiger partial charge in [-0.05, 0) is 65.8 Å². The maximum atomic E-state index is 14.8. The summed E-state index contributed by atoms with van der Waals surface area (Å²) < 4.78 is 49.4. The van der Waals surface area contributed by atoms with Crippen LogP contribution in [0.5, 0.6) is 0 Å². The predicted molar refractivity (Wildman–Crippen MR) is 131 cm³/mol. The van der Waals surface area contributed by atoms with Crippen LogP contribution in [0.15, 0.2) is 67.3 Å². The fourth-order valence-corrected chi connectivity index (χ4v) is 4.86. The molecule has 4 heteroatoms. The Morgan fingerprint density at radius 3 is 2.21 bits per heavy atom. The molecule has 0 amide bonds. The van der Waals surface area contributed by atoms with Crippen LogP contribution < -0.4 is 0 Å². The van der Waals surface area contributed by atoms with Crippen molar-refractivity contribution >= 4 is 12.2 Å². The summed E-state index contributed by atoms with van der Waals surface area (Å²) in [6.45, 7) is 4.49. The van der Waals surface area contributed by atoms with E-state index in [2.05, 4.69) is 6.58 Å². The van der Waals surface area contributed by atoms with Crippen molar-refractivity contribution < 1.29 is 17.9 Å². The second kappa shape index (κ2) is 9.63. The first kappa shape index (κ1) is 22.7. The van der Waals surface area contributed by atoms with E-state index >= 15 is 0 Å². The Hall–Kier alpha value is -3.11. The van der Waals surface area contributed by atoms with Gasteiger partial charge in [-0.25, -0.2) is 13.2 Å². The highest BCUT2D eigenvalue weighted by Crippen LogP contribution is 2.38.